The van der Waals surface area contributed by atoms with Crippen molar-refractivity contribution in [1.82, 2.24) is 4.98 Å². The summed E-state index contributed by atoms with van der Waals surface area (Å²) in [6, 6.07) is 4.63. The number of carbonyl (C=O) groups excluding carboxylic acids is 3. The molecule has 1 N–H and O–H groups in total. The minimum absolute atomic E-state index is 0.0272. The molecule has 0 spiro atoms. The van der Waals surface area contributed by atoms with E-state index in [0.29, 0.717) is 32.7 Å². The average molecular weight is 456 g/mol. The second-order valence-electron chi connectivity index (χ2n) is 6.74. The average Bonchev–Trinajstić information content (AvgIpc) is 3.37. The molecule has 0 saturated heterocycles. The van der Waals surface area contributed by atoms with E-state index in [2.05, 4.69) is 10.3 Å². The number of hydrogen-bond acceptors (Lipinski definition) is 8. The van der Waals surface area contributed by atoms with E-state index < -0.39 is 23.7 Å². The van der Waals surface area contributed by atoms with Crippen molar-refractivity contribution in [3.63, 3.8) is 0 Å². The van der Waals surface area contributed by atoms with Crippen LogP contribution in [0.25, 0.3) is 21.4 Å². The smallest absolute Gasteiger partial charge is 0.374 e. The van der Waals surface area contributed by atoms with Gasteiger partial charge >= 0.3 is 11.9 Å². The lowest BCUT2D eigenvalue weighted by Gasteiger charge is -2.10. The predicted molar refractivity (Wildman–Crippen MR) is 115 cm³/mol. The first-order chi connectivity index (χ1) is 15.4. The highest BCUT2D eigenvalue weighted by Gasteiger charge is 2.26. The van der Waals surface area contributed by atoms with Gasteiger partial charge in [-0.2, -0.15) is 0 Å². The molecule has 1 amide bonds. The first-order valence-electron chi connectivity index (χ1n) is 9.48. The van der Waals surface area contributed by atoms with Gasteiger partial charge in [-0.15, -0.1) is 11.3 Å². The molecule has 0 aliphatic heterocycles. The van der Waals surface area contributed by atoms with Gasteiger partial charge in [0, 0.05) is 24.2 Å². The number of fused-ring (bicyclic) bond motifs is 1. The SMILES string of the molecule is COC(=O)c1cc2oc(C(=O)OC)c(-c3ccc(NC(=O)C4=C(F)CCC=C4)nc3)c2s1. The van der Waals surface area contributed by atoms with E-state index in [0.717, 1.165) is 11.3 Å². The standard InChI is InChI=1S/C22H17FN2O6S/c1-29-21(27)15-9-14-19(32-15)17(18(31-14)22(28)30-2)11-7-8-16(24-10-11)25-20(26)12-5-3-4-6-13(12)23/h3,5,7-10H,4,6H2,1-2H3,(H,24,25,26). The Bertz CT molecular complexity index is 1290. The Hall–Kier alpha value is -3.79. The Morgan fingerprint density at radius 3 is 2.62 bits per heavy atom. The summed E-state index contributed by atoms with van der Waals surface area (Å²) in [5.41, 5.74) is 1.21. The minimum atomic E-state index is -0.688. The second kappa shape index (κ2) is 8.75. The molecule has 164 valence electrons. The molecule has 3 heterocycles. The summed E-state index contributed by atoms with van der Waals surface area (Å²) in [4.78, 5) is 41.0. The van der Waals surface area contributed by atoms with E-state index in [1.165, 1.54) is 38.6 Å². The van der Waals surface area contributed by atoms with Crippen LogP contribution in [0.15, 0.2) is 52.4 Å². The zero-order valence-corrected chi connectivity index (χ0v) is 17.9. The molecule has 1 aliphatic rings. The molecule has 0 atom stereocenters. The van der Waals surface area contributed by atoms with E-state index in [4.69, 9.17) is 13.9 Å². The Labute approximate surface area is 185 Å². The number of pyridine rings is 1. The van der Waals surface area contributed by atoms with Crippen LogP contribution in [0.2, 0.25) is 0 Å². The molecule has 0 radical (unpaired) electrons. The van der Waals surface area contributed by atoms with Gasteiger partial charge in [0.25, 0.3) is 5.91 Å². The zero-order valence-electron chi connectivity index (χ0n) is 17.1. The number of amides is 1. The lowest BCUT2D eigenvalue weighted by atomic mass is 10.1. The van der Waals surface area contributed by atoms with Crippen molar-refractivity contribution >= 4 is 45.3 Å². The van der Waals surface area contributed by atoms with Crippen molar-refractivity contribution in [2.45, 2.75) is 12.8 Å². The molecular formula is C22H17FN2O6S. The maximum absolute atomic E-state index is 13.9. The van der Waals surface area contributed by atoms with Gasteiger partial charge in [0.2, 0.25) is 5.76 Å². The van der Waals surface area contributed by atoms with Gasteiger partial charge < -0.3 is 19.2 Å². The normalized spacial score (nSPS) is 13.3. The topological polar surface area (TPSA) is 108 Å². The van der Waals surface area contributed by atoms with Crippen LogP contribution in [-0.4, -0.2) is 37.0 Å². The summed E-state index contributed by atoms with van der Waals surface area (Å²) >= 11 is 1.11. The first-order valence-corrected chi connectivity index (χ1v) is 10.3. The lowest BCUT2D eigenvalue weighted by Crippen LogP contribution is -2.16. The fraction of sp³-hybridized carbons (Fsp3) is 0.182. The molecule has 0 saturated carbocycles. The number of halogens is 1. The van der Waals surface area contributed by atoms with Crippen molar-refractivity contribution in [2.24, 2.45) is 0 Å². The number of anilines is 1. The van der Waals surface area contributed by atoms with Crippen LogP contribution in [0.1, 0.15) is 33.1 Å². The van der Waals surface area contributed by atoms with Crippen LogP contribution in [-0.2, 0) is 14.3 Å². The Kier molecular flexibility index (Phi) is 5.87. The van der Waals surface area contributed by atoms with E-state index in [1.807, 2.05) is 0 Å². The molecule has 3 aromatic rings. The Morgan fingerprint density at radius 1 is 1.19 bits per heavy atom. The molecule has 8 nitrogen and oxygen atoms in total. The highest BCUT2D eigenvalue weighted by molar-refractivity contribution is 7.21. The summed E-state index contributed by atoms with van der Waals surface area (Å²) in [7, 11) is 2.50. The maximum Gasteiger partial charge on any atom is 0.374 e. The number of thiophene rings is 1. The van der Waals surface area contributed by atoms with Crippen molar-refractivity contribution < 1.29 is 32.7 Å². The van der Waals surface area contributed by atoms with Gasteiger partial charge in [0.1, 0.15) is 22.1 Å². The van der Waals surface area contributed by atoms with Crippen LogP contribution in [0.5, 0.6) is 0 Å². The Morgan fingerprint density at radius 2 is 1.97 bits per heavy atom. The number of nitrogens with one attached hydrogen (secondary N) is 1. The molecule has 0 aromatic carbocycles. The number of allylic oxidation sites excluding steroid dienone is 2. The van der Waals surface area contributed by atoms with E-state index in [1.54, 1.807) is 12.1 Å². The Balaban J connectivity index is 1.68. The quantitative estimate of drug-likeness (QED) is 0.557. The fourth-order valence-electron chi connectivity index (χ4n) is 3.22. The molecule has 32 heavy (non-hydrogen) atoms. The number of aromatic nitrogens is 1. The van der Waals surface area contributed by atoms with Gasteiger partial charge in [0.05, 0.1) is 30.1 Å². The summed E-state index contributed by atoms with van der Waals surface area (Å²) in [5.74, 6) is -2.11. The van der Waals surface area contributed by atoms with Gasteiger partial charge in [-0.1, -0.05) is 12.2 Å². The van der Waals surface area contributed by atoms with Gasteiger partial charge in [-0.05, 0) is 18.6 Å². The lowest BCUT2D eigenvalue weighted by molar-refractivity contribution is -0.112. The summed E-state index contributed by atoms with van der Waals surface area (Å²) in [6.45, 7) is 0. The molecule has 0 bridgehead atoms. The summed E-state index contributed by atoms with van der Waals surface area (Å²) < 4.78 is 29.6. The number of carbonyl (C=O) groups is 3. The van der Waals surface area contributed by atoms with E-state index in [9.17, 15) is 18.8 Å². The number of nitrogens with zero attached hydrogens (tertiary/aromatic N) is 1. The van der Waals surface area contributed by atoms with E-state index >= 15 is 0 Å². The predicted octanol–water partition coefficient (Wildman–Crippen LogP) is 4.64. The van der Waals surface area contributed by atoms with Crippen LogP contribution in [0.4, 0.5) is 10.2 Å². The molecule has 0 fully saturated rings. The van der Waals surface area contributed by atoms with Crippen molar-refractivity contribution in [3.05, 3.63) is 58.6 Å². The highest BCUT2D eigenvalue weighted by Crippen LogP contribution is 2.40. The maximum atomic E-state index is 13.9. The molecule has 10 heteroatoms. The van der Waals surface area contributed by atoms with Crippen LogP contribution < -0.4 is 5.32 Å². The third kappa shape index (κ3) is 3.92. The highest BCUT2D eigenvalue weighted by atomic mass is 32.1. The number of esters is 2. The second-order valence-corrected chi connectivity index (χ2v) is 7.79. The number of furan rings is 1. The fourth-order valence-corrected chi connectivity index (χ4v) is 4.29. The van der Waals surface area contributed by atoms with E-state index in [-0.39, 0.29) is 23.6 Å². The van der Waals surface area contributed by atoms with Crippen molar-refractivity contribution in [3.8, 4) is 11.1 Å². The van der Waals surface area contributed by atoms with Crippen LogP contribution in [0.3, 0.4) is 0 Å². The van der Waals surface area contributed by atoms with Gasteiger partial charge in [-0.25, -0.2) is 19.0 Å². The monoisotopic (exact) mass is 456 g/mol. The van der Waals surface area contributed by atoms with Crippen LogP contribution in [0, 0.1) is 0 Å². The molecular weight excluding hydrogens is 439 g/mol. The molecule has 1 aliphatic carbocycles. The van der Waals surface area contributed by atoms with Crippen molar-refractivity contribution in [2.75, 3.05) is 19.5 Å². The van der Waals surface area contributed by atoms with Gasteiger partial charge in [-0.3, -0.25) is 4.79 Å². The zero-order chi connectivity index (χ0) is 22.8. The number of rotatable bonds is 5. The van der Waals surface area contributed by atoms with Gasteiger partial charge in [0.15, 0.2) is 0 Å². The third-order valence-corrected chi connectivity index (χ3v) is 5.88. The number of hydrogen-bond donors (Lipinski definition) is 1. The summed E-state index contributed by atoms with van der Waals surface area (Å²) in [6.07, 6.45) is 5.36. The largest absolute Gasteiger partial charge is 0.465 e. The summed E-state index contributed by atoms with van der Waals surface area (Å²) in [5, 5.41) is 2.55. The molecule has 4 rings (SSSR count). The van der Waals surface area contributed by atoms with Crippen molar-refractivity contribution in [1.29, 1.82) is 0 Å². The first kappa shape index (κ1) is 21.4. The third-order valence-electron chi connectivity index (χ3n) is 4.77. The molecule has 0 unspecified atom stereocenters. The minimum Gasteiger partial charge on any atom is -0.465 e. The molecule has 3 aromatic heterocycles. The number of ether oxygens (including phenoxy) is 2. The van der Waals surface area contributed by atoms with Crippen LogP contribution >= 0.6 is 11.3 Å². The number of methoxy groups -OCH3 is 2.